The summed E-state index contributed by atoms with van der Waals surface area (Å²) in [6.45, 7) is 6.87. The number of carbonyl (C=O) groups excluding carboxylic acids is 3. The molecule has 14 heteroatoms. The molecule has 44 heavy (non-hydrogen) atoms. The molecule has 0 N–H and O–H groups in total. The highest BCUT2D eigenvalue weighted by Crippen LogP contribution is 2.43. The maximum Gasteiger partial charge on any atom is 0.416 e. The molecule has 6 rings (SSSR count). The number of hydrogen-bond donors (Lipinski definition) is 0. The largest absolute Gasteiger partial charge is 0.416 e. The van der Waals surface area contributed by atoms with E-state index in [1.54, 1.807) is 36.5 Å². The van der Waals surface area contributed by atoms with Gasteiger partial charge >= 0.3 is 6.18 Å². The number of alkyl halides is 3. The zero-order valence-corrected chi connectivity index (χ0v) is 24.8. The van der Waals surface area contributed by atoms with Crippen molar-refractivity contribution in [1.82, 2.24) is 19.4 Å². The van der Waals surface area contributed by atoms with Crippen LogP contribution in [0.3, 0.4) is 0 Å². The number of likely N-dealkylation sites (N-methyl/N-ethyl adjacent to an activating group) is 1. The molecule has 3 aliphatic rings. The van der Waals surface area contributed by atoms with Crippen molar-refractivity contribution in [2.24, 2.45) is 5.92 Å². The molecule has 1 aromatic carbocycles. The zero-order chi connectivity index (χ0) is 31.5. The Morgan fingerprint density at radius 3 is 2.68 bits per heavy atom. The number of pyridine rings is 1. The van der Waals surface area contributed by atoms with Gasteiger partial charge in [0.2, 0.25) is 17.7 Å². The van der Waals surface area contributed by atoms with E-state index in [1.807, 2.05) is 9.47 Å². The van der Waals surface area contributed by atoms with Crippen molar-refractivity contribution < 1.29 is 27.6 Å². The van der Waals surface area contributed by atoms with Crippen molar-refractivity contribution >= 4 is 46.5 Å². The van der Waals surface area contributed by atoms with Gasteiger partial charge in [-0.3, -0.25) is 19.3 Å². The smallest absolute Gasteiger partial charge is 0.366 e. The lowest BCUT2D eigenvalue weighted by molar-refractivity contribution is -0.137. The lowest BCUT2D eigenvalue weighted by atomic mass is 9.95. The number of aryl methyl sites for hydroxylation is 1. The van der Waals surface area contributed by atoms with Crippen LogP contribution in [0.1, 0.15) is 29.1 Å². The Morgan fingerprint density at radius 2 is 1.95 bits per heavy atom. The van der Waals surface area contributed by atoms with Crippen molar-refractivity contribution in [2.75, 3.05) is 34.8 Å². The van der Waals surface area contributed by atoms with E-state index < -0.39 is 35.5 Å². The summed E-state index contributed by atoms with van der Waals surface area (Å²) >= 11 is 6.73. The van der Waals surface area contributed by atoms with Gasteiger partial charge in [-0.15, -0.1) is 0 Å². The fraction of sp³-hybridized carbons (Fsp3) is 0.367. The third-order valence-electron chi connectivity index (χ3n) is 8.44. The minimum absolute atomic E-state index is 0.0589. The molecular weight excluding hydrogens is 599 g/mol. The van der Waals surface area contributed by atoms with Gasteiger partial charge in [0.1, 0.15) is 11.9 Å². The number of halogens is 4. The van der Waals surface area contributed by atoms with Crippen molar-refractivity contribution in [3.8, 4) is 0 Å². The van der Waals surface area contributed by atoms with Gasteiger partial charge in [0.05, 0.1) is 52.8 Å². The first-order chi connectivity index (χ1) is 20.9. The summed E-state index contributed by atoms with van der Waals surface area (Å²) in [5, 5.41) is 0.413. The van der Waals surface area contributed by atoms with Crippen LogP contribution in [0.5, 0.6) is 0 Å². The molecule has 2 atom stereocenters. The van der Waals surface area contributed by atoms with E-state index in [1.165, 1.54) is 17.9 Å². The summed E-state index contributed by atoms with van der Waals surface area (Å²) in [6.07, 6.45) is -1.72. The van der Waals surface area contributed by atoms with E-state index in [-0.39, 0.29) is 30.4 Å². The van der Waals surface area contributed by atoms with Crippen LogP contribution >= 0.6 is 11.6 Å². The first-order valence-electron chi connectivity index (χ1n) is 14.0. The number of fused-ring (bicyclic) bond motifs is 3. The Hall–Kier alpha value is -4.39. The monoisotopic (exact) mass is 627 g/mol. The first-order valence-corrected chi connectivity index (χ1v) is 14.4. The number of hydrogen-bond acceptors (Lipinski definition) is 6. The Labute approximate surface area is 256 Å². The van der Waals surface area contributed by atoms with E-state index in [4.69, 9.17) is 11.6 Å². The second-order valence-electron chi connectivity index (χ2n) is 11.2. The van der Waals surface area contributed by atoms with Crippen molar-refractivity contribution in [3.05, 3.63) is 77.0 Å². The fourth-order valence-electron chi connectivity index (χ4n) is 6.35. The van der Waals surface area contributed by atoms with Gasteiger partial charge in [-0.05, 0) is 37.3 Å². The Bertz CT molecular complexity index is 1690. The van der Waals surface area contributed by atoms with E-state index in [0.717, 1.165) is 28.4 Å². The average molecular weight is 628 g/mol. The number of amides is 3. The summed E-state index contributed by atoms with van der Waals surface area (Å²) in [5.41, 5.74) is 1.97. The second kappa shape index (κ2) is 11.0. The van der Waals surface area contributed by atoms with Crippen LogP contribution in [0.25, 0.3) is 0 Å². The van der Waals surface area contributed by atoms with E-state index in [0.29, 0.717) is 42.6 Å². The van der Waals surface area contributed by atoms with Crippen molar-refractivity contribution in [3.63, 3.8) is 0 Å². The highest BCUT2D eigenvalue weighted by molar-refractivity contribution is 6.34. The number of benzene rings is 1. The third-order valence-corrected chi connectivity index (χ3v) is 8.74. The molecule has 1 fully saturated rings. The molecule has 0 spiro atoms. The predicted octanol–water partition coefficient (Wildman–Crippen LogP) is 4.19. The topological polar surface area (TPSA) is 94.9 Å². The minimum Gasteiger partial charge on any atom is -0.366 e. The molecule has 3 amide bonds. The first kappa shape index (κ1) is 29.7. The molecular formula is C30H29ClF3N7O3. The lowest BCUT2D eigenvalue weighted by Gasteiger charge is -2.39. The van der Waals surface area contributed by atoms with Crippen LogP contribution in [0.4, 0.5) is 30.4 Å². The quantitative estimate of drug-likeness (QED) is 0.394. The predicted molar refractivity (Wildman–Crippen MR) is 157 cm³/mol. The van der Waals surface area contributed by atoms with Gasteiger partial charge in [-0.2, -0.15) is 13.2 Å². The molecule has 3 aromatic rings. The van der Waals surface area contributed by atoms with Gasteiger partial charge < -0.3 is 19.3 Å². The molecule has 1 saturated heterocycles. The van der Waals surface area contributed by atoms with Crippen molar-refractivity contribution in [1.29, 1.82) is 0 Å². The summed E-state index contributed by atoms with van der Waals surface area (Å²) in [6, 6.07) is 5.84. The fourth-order valence-corrected chi connectivity index (χ4v) is 6.64. The molecule has 5 heterocycles. The van der Waals surface area contributed by atoms with Gasteiger partial charge in [0, 0.05) is 44.7 Å². The van der Waals surface area contributed by atoms with Gasteiger partial charge in [0.15, 0.2) is 0 Å². The van der Waals surface area contributed by atoms with Crippen LogP contribution in [0.15, 0.2) is 49.3 Å². The number of anilines is 3. The minimum atomic E-state index is -4.65. The van der Waals surface area contributed by atoms with Gasteiger partial charge in [0.25, 0.3) is 0 Å². The Balaban J connectivity index is 1.35. The SMILES string of the molecule is C=CC(=O)N1Cc2ncn(CCN3C[C@H]4CC(=O)N(c5cc(C(F)(F)F)cc(C)n5)[C@@H]4C(=O)N(C)c4cccc(Cl)c43)c2C1. The number of para-hydroxylation sites is 1. The molecule has 0 aliphatic carbocycles. The maximum absolute atomic E-state index is 14.0. The number of imidazole rings is 1. The van der Waals surface area contributed by atoms with E-state index >= 15 is 0 Å². The number of nitrogens with zero attached hydrogens (tertiary/aromatic N) is 7. The van der Waals surface area contributed by atoms with E-state index in [9.17, 15) is 27.6 Å². The highest BCUT2D eigenvalue weighted by Gasteiger charge is 2.49. The molecule has 230 valence electrons. The van der Waals surface area contributed by atoms with Gasteiger partial charge in [-0.25, -0.2) is 9.97 Å². The van der Waals surface area contributed by atoms with Crippen LogP contribution in [0, 0.1) is 12.8 Å². The van der Waals surface area contributed by atoms with Gasteiger partial charge in [-0.1, -0.05) is 24.2 Å². The Morgan fingerprint density at radius 1 is 1.18 bits per heavy atom. The zero-order valence-electron chi connectivity index (χ0n) is 24.0. The van der Waals surface area contributed by atoms with E-state index in [2.05, 4.69) is 16.5 Å². The van der Waals surface area contributed by atoms with Crippen molar-refractivity contribution in [2.45, 2.75) is 45.2 Å². The maximum atomic E-state index is 14.0. The molecule has 0 bridgehead atoms. The van der Waals surface area contributed by atoms with Crippen LogP contribution in [0.2, 0.25) is 5.02 Å². The molecule has 2 aromatic heterocycles. The molecule has 0 saturated carbocycles. The second-order valence-corrected chi connectivity index (χ2v) is 11.6. The highest BCUT2D eigenvalue weighted by atomic mass is 35.5. The summed E-state index contributed by atoms with van der Waals surface area (Å²) in [5.74, 6) is -1.88. The summed E-state index contributed by atoms with van der Waals surface area (Å²) in [4.78, 5) is 54.5. The number of aromatic nitrogens is 3. The molecule has 10 nitrogen and oxygen atoms in total. The lowest BCUT2D eigenvalue weighted by Crippen LogP contribution is -2.52. The molecule has 0 unspecified atom stereocenters. The van der Waals surface area contributed by atoms with Crippen LogP contribution < -0.4 is 14.7 Å². The average Bonchev–Trinajstić information content (AvgIpc) is 3.65. The van der Waals surface area contributed by atoms with Crippen LogP contribution in [-0.4, -0.2) is 63.3 Å². The standard InChI is InChI=1S/C30H29ClF3N7O3/c1-4-25(42)40-14-21-23(15-40)39(16-35-21)9-8-38-13-18-11-26(43)41(24-12-19(30(32,33)34)10-17(2)36-24)27(18)29(44)37(3)22-7-5-6-20(31)28(22)38/h4-7,10,12,16,18,27H,1,8-9,11,13-15H2,2-3H3/t18-,27+/m1/s1. The number of carbonyl (C=O) groups is 3. The third kappa shape index (κ3) is 5.08. The summed E-state index contributed by atoms with van der Waals surface area (Å²) < 4.78 is 43.0. The molecule has 0 radical (unpaired) electrons. The normalized spacial score (nSPS) is 20.0. The number of rotatable bonds is 5. The summed E-state index contributed by atoms with van der Waals surface area (Å²) in [7, 11) is 1.57. The van der Waals surface area contributed by atoms with Crippen LogP contribution in [-0.2, 0) is 40.2 Å². The molecule has 3 aliphatic heterocycles. The Kier molecular flexibility index (Phi) is 7.39.